The lowest BCUT2D eigenvalue weighted by Crippen LogP contribution is -2.30. The van der Waals surface area contributed by atoms with E-state index in [0.29, 0.717) is 5.92 Å². The normalized spacial score (nSPS) is 19.2. The van der Waals surface area contributed by atoms with Gasteiger partial charge in [-0.2, -0.15) is 0 Å². The van der Waals surface area contributed by atoms with Gasteiger partial charge in [0.15, 0.2) is 0 Å². The van der Waals surface area contributed by atoms with Crippen molar-refractivity contribution < 1.29 is 0 Å². The first-order chi connectivity index (χ1) is 9.24. The molecule has 0 radical (unpaired) electrons. The van der Waals surface area contributed by atoms with Crippen molar-refractivity contribution in [2.75, 3.05) is 5.75 Å². The van der Waals surface area contributed by atoms with E-state index in [2.05, 4.69) is 30.3 Å². The number of fused-ring (bicyclic) bond motifs is 1. The molecule has 0 saturated heterocycles. The van der Waals surface area contributed by atoms with E-state index in [-0.39, 0.29) is 6.04 Å². The zero-order valence-corrected chi connectivity index (χ0v) is 12.1. The molecule has 1 aliphatic heterocycles. The summed E-state index contributed by atoms with van der Waals surface area (Å²) < 4.78 is 0. The van der Waals surface area contributed by atoms with Crippen LogP contribution in [0.1, 0.15) is 17.0 Å². The van der Waals surface area contributed by atoms with Crippen molar-refractivity contribution in [3.8, 4) is 0 Å². The molecule has 2 aromatic rings. The molecule has 3 rings (SSSR count). The maximum absolute atomic E-state index is 6.42. The van der Waals surface area contributed by atoms with E-state index in [0.717, 1.165) is 17.2 Å². The Morgan fingerprint density at radius 1 is 1.21 bits per heavy atom. The van der Waals surface area contributed by atoms with E-state index in [4.69, 9.17) is 17.3 Å². The Hall–Kier alpha value is -0.960. The van der Waals surface area contributed by atoms with Gasteiger partial charge in [0.25, 0.3) is 0 Å². The molecular weight excluding hydrogens is 274 g/mol. The number of hydrogen-bond acceptors (Lipinski definition) is 2. The summed E-state index contributed by atoms with van der Waals surface area (Å²) in [6.07, 6.45) is 0.875. The number of nitrogens with two attached hydrogens (primary N) is 1. The smallest absolute Gasteiger partial charge is 0.0408 e. The Morgan fingerprint density at radius 2 is 2.05 bits per heavy atom. The van der Waals surface area contributed by atoms with Crippen molar-refractivity contribution in [1.29, 1.82) is 0 Å². The number of benzene rings is 2. The molecule has 2 N–H and O–H groups in total. The van der Waals surface area contributed by atoms with E-state index in [1.807, 2.05) is 30.0 Å². The molecule has 0 bridgehead atoms. The summed E-state index contributed by atoms with van der Waals surface area (Å²) in [5.41, 5.74) is 9.04. The van der Waals surface area contributed by atoms with Gasteiger partial charge >= 0.3 is 0 Å². The summed E-state index contributed by atoms with van der Waals surface area (Å²) in [7, 11) is 0. The second-order valence-corrected chi connectivity index (χ2v) is 6.45. The molecule has 1 heterocycles. The molecule has 98 valence electrons. The number of thioether (sulfide) groups is 1. The Labute approximate surface area is 123 Å². The van der Waals surface area contributed by atoms with E-state index in [1.54, 1.807) is 0 Å². The van der Waals surface area contributed by atoms with Crippen LogP contribution in [0, 0.1) is 0 Å². The summed E-state index contributed by atoms with van der Waals surface area (Å²) in [5.74, 6) is 1.53. The van der Waals surface area contributed by atoms with Gasteiger partial charge in [0.05, 0.1) is 0 Å². The van der Waals surface area contributed by atoms with Crippen LogP contribution in [-0.4, -0.2) is 11.8 Å². The lowest BCUT2D eigenvalue weighted by Gasteiger charge is -2.19. The second kappa shape index (κ2) is 5.58. The molecule has 19 heavy (non-hydrogen) atoms. The van der Waals surface area contributed by atoms with Crippen LogP contribution in [0.15, 0.2) is 53.4 Å². The van der Waals surface area contributed by atoms with E-state index < -0.39 is 0 Å². The van der Waals surface area contributed by atoms with Crippen LogP contribution in [0.5, 0.6) is 0 Å². The number of halogens is 1. The SMILES string of the molecule is NC(Cc1cccc(Cl)c1)C1CSc2ccccc21. The fraction of sp³-hybridized carbons (Fsp3) is 0.250. The van der Waals surface area contributed by atoms with Crippen LogP contribution in [0.2, 0.25) is 5.02 Å². The summed E-state index contributed by atoms with van der Waals surface area (Å²) in [5, 5.41) is 0.783. The van der Waals surface area contributed by atoms with Crippen molar-refractivity contribution >= 4 is 23.4 Å². The van der Waals surface area contributed by atoms with Gasteiger partial charge in [-0.1, -0.05) is 41.9 Å². The topological polar surface area (TPSA) is 26.0 Å². The average molecular weight is 290 g/mol. The van der Waals surface area contributed by atoms with Crippen LogP contribution in [0.25, 0.3) is 0 Å². The predicted molar refractivity (Wildman–Crippen MR) is 83.0 cm³/mol. The third kappa shape index (κ3) is 2.81. The predicted octanol–water partition coefficient (Wildman–Crippen LogP) is 4.10. The van der Waals surface area contributed by atoms with Gasteiger partial charge in [0.2, 0.25) is 0 Å². The van der Waals surface area contributed by atoms with Gasteiger partial charge < -0.3 is 5.73 Å². The fourth-order valence-corrected chi connectivity index (χ4v) is 4.18. The first-order valence-electron chi connectivity index (χ1n) is 6.46. The van der Waals surface area contributed by atoms with Crippen molar-refractivity contribution in [3.63, 3.8) is 0 Å². The molecule has 3 heteroatoms. The quantitative estimate of drug-likeness (QED) is 0.921. The summed E-state index contributed by atoms with van der Waals surface area (Å²) in [6, 6.07) is 16.7. The number of hydrogen-bond donors (Lipinski definition) is 1. The molecule has 0 aromatic heterocycles. The van der Waals surface area contributed by atoms with Gasteiger partial charge in [0.1, 0.15) is 0 Å². The summed E-state index contributed by atoms with van der Waals surface area (Å²) in [6.45, 7) is 0. The molecule has 2 unspecified atom stereocenters. The fourth-order valence-electron chi connectivity index (χ4n) is 2.62. The van der Waals surface area contributed by atoms with Gasteiger partial charge in [-0.3, -0.25) is 0 Å². The average Bonchev–Trinajstić information content (AvgIpc) is 2.82. The third-order valence-corrected chi connectivity index (χ3v) is 5.06. The van der Waals surface area contributed by atoms with Crippen LogP contribution in [0.3, 0.4) is 0 Å². The Balaban J connectivity index is 1.77. The van der Waals surface area contributed by atoms with Crippen molar-refractivity contribution in [1.82, 2.24) is 0 Å². The molecule has 0 aliphatic carbocycles. The lowest BCUT2D eigenvalue weighted by molar-refractivity contribution is 0.572. The first kappa shape index (κ1) is 13.0. The highest BCUT2D eigenvalue weighted by Gasteiger charge is 2.27. The van der Waals surface area contributed by atoms with Crippen LogP contribution < -0.4 is 5.73 Å². The van der Waals surface area contributed by atoms with Gasteiger partial charge in [-0.05, 0) is 35.7 Å². The van der Waals surface area contributed by atoms with Gasteiger partial charge in [0, 0.05) is 27.6 Å². The van der Waals surface area contributed by atoms with Crippen molar-refractivity contribution in [3.05, 3.63) is 64.7 Å². The zero-order valence-electron chi connectivity index (χ0n) is 10.6. The minimum absolute atomic E-state index is 0.148. The van der Waals surface area contributed by atoms with Crippen LogP contribution >= 0.6 is 23.4 Å². The first-order valence-corrected chi connectivity index (χ1v) is 7.82. The number of rotatable bonds is 3. The van der Waals surface area contributed by atoms with E-state index in [1.165, 1.54) is 16.0 Å². The largest absolute Gasteiger partial charge is 0.327 e. The van der Waals surface area contributed by atoms with Gasteiger partial charge in [-0.25, -0.2) is 0 Å². The summed E-state index contributed by atoms with van der Waals surface area (Å²) >= 11 is 7.94. The molecule has 0 spiro atoms. The van der Waals surface area contributed by atoms with Crippen molar-refractivity contribution in [2.24, 2.45) is 5.73 Å². The molecule has 2 atom stereocenters. The molecular formula is C16H16ClNS. The van der Waals surface area contributed by atoms with Crippen LogP contribution in [-0.2, 0) is 6.42 Å². The minimum atomic E-state index is 0.148. The lowest BCUT2D eigenvalue weighted by atomic mass is 9.90. The minimum Gasteiger partial charge on any atom is -0.327 e. The Bertz CT molecular complexity index is 584. The van der Waals surface area contributed by atoms with Crippen molar-refractivity contribution in [2.45, 2.75) is 23.3 Å². The van der Waals surface area contributed by atoms with Gasteiger partial charge in [-0.15, -0.1) is 11.8 Å². The highest BCUT2D eigenvalue weighted by atomic mass is 35.5. The maximum Gasteiger partial charge on any atom is 0.0408 e. The van der Waals surface area contributed by atoms with Crippen LogP contribution in [0.4, 0.5) is 0 Å². The maximum atomic E-state index is 6.42. The standard InChI is InChI=1S/C16H16ClNS/c17-12-5-3-4-11(8-12)9-15(18)14-10-19-16-7-2-1-6-13(14)16/h1-8,14-15H,9-10,18H2. The molecule has 0 fully saturated rings. The molecule has 1 aliphatic rings. The summed E-state index contributed by atoms with van der Waals surface area (Å²) in [4.78, 5) is 1.38. The highest BCUT2D eigenvalue weighted by Crippen LogP contribution is 2.41. The third-order valence-electron chi connectivity index (χ3n) is 3.61. The Morgan fingerprint density at radius 3 is 2.89 bits per heavy atom. The molecule has 2 aromatic carbocycles. The second-order valence-electron chi connectivity index (χ2n) is 4.95. The highest BCUT2D eigenvalue weighted by molar-refractivity contribution is 7.99. The van der Waals surface area contributed by atoms with E-state index >= 15 is 0 Å². The molecule has 0 saturated carbocycles. The molecule has 1 nitrogen and oxygen atoms in total. The monoisotopic (exact) mass is 289 g/mol. The van der Waals surface area contributed by atoms with E-state index in [9.17, 15) is 0 Å². The molecule has 0 amide bonds. The Kier molecular flexibility index (Phi) is 3.83. The zero-order chi connectivity index (χ0) is 13.2.